The molecule has 524 valence electrons. The molecule has 0 bridgehead atoms. The summed E-state index contributed by atoms with van der Waals surface area (Å²) in [7, 11) is -7.02. The third-order valence-electron chi connectivity index (χ3n) is 18.0. The van der Waals surface area contributed by atoms with Crippen LogP contribution in [0.3, 0.4) is 0 Å². The van der Waals surface area contributed by atoms with Gasteiger partial charge in [-0.05, 0) is 126 Å². The zero-order chi connectivity index (χ0) is 70.8. The van der Waals surface area contributed by atoms with Crippen molar-refractivity contribution in [3.8, 4) is 0 Å². The molecule has 3 aliphatic rings. The minimum absolute atomic E-state index is 0.00158. The molecule has 14 N–H and O–H groups in total. The first-order valence-corrected chi connectivity index (χ1v) is 35.5. The Morgan fingerprint density at radius 2 is 1.37 bits per heavy atom. The van der Waals surface area contributed by atoms with E-state index in [4.69, 9.17) is 21.7 Å². The summed E-state index contributed by atoms with van der Waals surface area (Å²) in [6, 6.07) is 12.7. The number of primary amides is 1. The zero-order valence-electron chi connectivity index (χ0n) is 55.7. The average molecular weight is 1380 g/mol. The van der Waals surface area contributed by atoms with Crippen molar-refractivity contribution in [3.63, 3.8) is 0 Å². The number of aliphatic imine (C=N–C) groups is 1. The van der Waals surface area contributed by atoms with E-state index in [2.05, 4.69) is 46.9 Å². The van der Waals surface area contributed by atoms with Crippen molar-refractivity contribution in [1.82, 2.24) is 37.1 Å². The molecule has 1 aromatic heterocycles. The highest BCUT2D eigenvalue weighted by atomic mass is 32.2. The van der Waals surface area contributed by atoms with Gasteiger partial charge in [-0.25, -0.2) is 0 Å². The first kappa shape index (κ1) is 75.3. The number of guanidine groups is 1. The molecule has 2 aliphatic heterocycles. The van der Waals surface area contributed by atoms with E-state index in [0.29, 0.717) is 56.2 Å². The second-order valence-corrected chi connectivity index (χ2v) is 28.6. The molecule has 0 saturated heterocycles. The van der Waals surface area contributed by atoms with E-state index in [-0.39, 0.29) is 72.1 Å². The first-order valence-electron chi connectivity index (χ1n) is 32.7. The van der Waals surface area contributed by atoms with E-state index >= 15 is 0 Å². The van der Waals surface area contributed by atoms with E-state index in [1.807, 2.05) is 69.7 Å². The van der Waals surface area contributed by atoms with Gasteiger partial charge in [0.2, 0.25) is 46.9 Å². The Morgan fingerprint density at radius 1 is 0.711 bits per heavy atom. The van der Waals surface area contributed by atoms with Gasteiger partial charge in [0.1, 0.15) is 37.3 Å². The molecule has 29 heteroatoms. The largest absolute Gasteiger partial charge is 0.370 e. The lowest BCUT2D eigenvalue weighted by Crippen LogP contribution is -2.57. The summed E-state index contributed by atoms with van der Waals surface area (Å²) in [5, 5.41) is 20.0. The normalized spacial score (nSPS) is 17.2. The number of nitrogens with one attached hydrogen (secondary N) is 6. The molecular weight excluding hydrogens is 1290 g/mol. The van der Waals surface area contributed by atoms with Crippen LogP contribution in [0.1, 0.15) is 164 Å². The van der Waals surface area contributed by atoms with Crippen LogP contribution in [0.5, 0.6) is 0 Å². The maximum absolute atomic E-state index is 14.2. The van der Waals surface area contributed by atoms with E-state index in [1.54, 1.807) is 42.5 Å². The molecule has 0 spiro atoms. The summed E-state index contributed by atoms with van der Waals surface area (Å²) in [6.45, 7) is 10.2. The van der Waals surface area contributed by atoms with Crippen molar-refractivity contribution in [1.29, 1.82) is 0 Å². The van der Waals surface area contributed by atoms with Crippen molar-refractivity contribution >= 4 is 84.6 Å². The molecular formula is C68H92N13O14S2+. The molecule has 3 aromatic carbocycles. The molecule has 1 aliphatic carbocycles. The minimum Gasteiger partial charge on any atom is -0.370 e. The standard InChI is InChI=1S/C68H91N13O14S2/c1-43(75-65(88)59(45-24-13-8-14-25-45)79-63(86)52(40-44-22-11-7-12-23-44)78-64(87)55-35-38-74-95-55)61(84)77-51(27-21-37-73-66(70)71)62(85)76-50(60(69)83)26-18-19-36-72-58(82)30-17-10-20-39-81-54-34-32-47(97(92,93)94)42-49(54)68(4,5)57(81)29-16-9-15-28-56-67(2,3)48-41-46(96(89,90)91)31-33-53(48)80(56)6/h8-9,13-16,24-25,28-29,31-35,38,41-44,50-52,59H,7,10-12,17-23,26-27,30,36-37,39-40H2,1-6H3,(H13-,69,70,71,72,73,75,76,77,78,79,82,83,84,85,86,87,88,89,90,91,92,93,94)/p+1/t43-,50-,51-,52-,59-/m0/s1. The summed E-state index contributed by atoms with van der Waals surface area (Å²) >= 11 is 0. The van der Waals surface area contributed by atoms with Crippen molar-refractivity contribution in [3.05, 3.63) is 138 Å². The minimum atomic E-state index is -4.50. The molecule has 5 atom stereocenters. The van der Waals surface area contributed by atoms with Gasteiger partial charge in [0, 0.05) is 66.6 Å². The first-order chi connectivity index (χ1) is 45.9. The quantitative estimate of drug-likeness (QED) is 0.00691. The van der Waals surface area contributed by atoms with Crippen LogP contribution < -0.4 is 54.0 Å². The van der Waals surface area contributed by atoms with Gasteiger partial charge in [0.05, 0.1) is 21.4 Å². The summed E-state index contributed by atoms with van der Waals surface area (Å²) in [5.74, 6) is -4.73. The number of rotatable bonds is 34. The highest BCUT2D eigenvalue weighted by Gasteiger charge is 2.44. The molecule has 0 radical (unpaired) electrons. The third-order valence-corrected chi connectivity index (χ3v) is 19.7. The highest BCUT2D eigenvalue weighted by molar-refractivity contribution is 7.86. The Hall–Kier alpha value is -9.06. The maximum Gasteiger partial charge on any atom is 0.294 e. The molecule has 27 nitrogen and oxygen atoms in total. The Bertz CT molecular complexity index is 3900. The number of aromatic nitrogens is 1. The Morgan fingerprint density at radius 3 is 2.03 bits per heavy atom. The predicted molar refractivity (Wildman–Crippen MR) is 365 cm³/mol. The average Bonchev–Trinajstić information content (AvgIpc) is 1.60. The summed E-state index contributed by atoms with van der Waals surface area (Å²) in [5.41, 5.74) is 20.7. The van der Waals surface area contributed by atoms with E-state index in [0.717, 1.165) is 60.5 Å². The van der Waals surface area contributed by atoms with Crippen LogP contribution >= 0.6 is 0 Å². The number of amides is 7. The van der Waals surface area contributed by atoms with Gasteiger partial charge in [0.15, 0.2) is 11.7 Å². The van der Waals surface area contributed by atoms with Gasteiger partial charge >= 0.3 is 0 Å². The lowest BCUT2D eigenvalue weighted by molar-refractivity contribution is -0.401. The maximum atomic E-state index is 14.2. The van der Waals surface area contributed by atoms with Gasteiger partial charge in [-0.2, -0.15) is 21.4 Å². The van der Waals surface area contributed by atoms with Gasteiger partial charge < -0.3 is 58.5 Å². The SMILES string of the molecule is C[C@H](NC(=O)[C@@H](NC(=O)[C@H](CC1CCCCC1)NC(=O)c1ccno1)c1ccccc1)C(=O)N[C@@H](CCCN=C(N)N)C(=O)N[C@@H](CCCCNC(=O)CCCCCN1C(=CC=CC=CC2=[N+](C)c3ccc(S(=O)(=O)O)cc3C2(C)C)C(C)(C)c2cc(S(=O)(=O)O)ccc21)C(N)=O. The van der Waals surface area contributed by atoms with Crippen LogP contribution in [0.25, 0.3) is 0 Å². The van der Waals surface area contributed by atoms with E-state index < -0.39 is 96.7 Å². The summed E-state index contributed by atoms with van der Waals surface area (Å²) in [6.07, 6.45) is 19.1. The second kappa shape index (κ2) is 33.7. The van der Waals surface area contributed by atoms with Crippen molar-refractivity contribution < 1.29 is 68.6 Å². The zero-order valence-corrected chi connectivity index (χ0v) is 57.3. The highest BCUT2D eigenvalue weighted by Crippen LogP contribution is 2.49. The van der Waals surface area contributed by atoms with Crippen LogP contribution in [0, 0.1) is 5.92 Å². The molecule has 4 aromatic rings. The van der Waals surface area contributed by atoms with Crippen molar-refractivity contribution in [2.24, 2.45) is 28.1 Å². The van der Waals surface area contributed by atoms with E-state index in [1.165, 1.54) is 43.5 Å². The van der Waals surface area contributed by atoms with E-state index in [9.17, 15) is 59.5 Å². The third kappa shape index (κ3) is 20.5. The number of nitrogens with two attached hydrogens (primary N) is 3. The fourth-order valence-electron chi connectivity index (χ4n) is 12.6. The molecule has 0 unspecified atom stereocenters. The number of unbranched alkanes of at least 4 members (excludes halogenated alkanes) is 3. The Labute approximate surface area is 566 Å². The monoisotopic (exact) mass is 1380 g/mol. The Kier molecular flexibility index (Phi) is 26.2. The number of anilines is 1. The second-order valence-electron chi connectivity index (χ2n) is 25.8. The topological polar surface area (TPSA) is 423 Å². The predicted octanol–water partition coefficient (Wildman–Crippen LogP) is 5.45. The van der Waals surface area contributed by atoms with Crippen molar-refractivity contribution in [2.45, 2.75) is 182 Å². The lowest BCUT2D eigenvalue weighted by atomic mass is 9.81. The smallest absolute Gasteiger partial charge is 0.294 e. The molecule has 1 fully saturated rings. The van der Waals surface area contributed by atoms with Gasteiger partial charge in [0.25, 0.3) is 26.1 Å². The lowest BCUT2D eigenvalue weighted by Gasteiger charge is -2.28. The fourth-order valence-corrected chi connectivity index (χ4v) is 13.7. The number of nitrogens with zero attached hydrogens (tertiary/aromatic N) is 4. The molecule has 7 amide bonds. The number of benzene rings is 3. The number of carbonyl (C=O) groups excluding carboxylic acids is 7. The number of fused-ring (bicyclic) bond motifs is 2. The van der Waals surface area contributed by atoms with Gasteiger partial charge in [-0.15, -0.1) is 0 Å². The Balaban J connectivity index is 0.897. The fraction of sp³-hybridized carbons (Fsp3) is 0.471. The van der Waals surface area contributed by atoms with Crippen LogP contribution in [0.2, 0.25) is 0 Å². The molecule has 97 heavy (non-hydrogen) atoms. The number of carbonyl (C=O) groups is 7. The summed E-state index contributed by atoms with van der Waals surface area (Å²) < 4.78 is 75.1. The van der Waals surface area contributed by atoms with Crippen molar-refractivity contribution in [2.75, 3.05) is 31.6 Å². The van der Waals surface area contributed by atoms with Crippen LogP contribution in [0.15, 0.2) is 134 Å². The molecule has 3 heterocycles. The van der Waals surface area contributed by atoms with Gasteiger partial charge in [-0.1, -0.05) is 106 Å². The van der Waals surface area contributed by atoms with Crippen LogP contribution in [-0.2, 0) is 59.8 Å². The van der Waals surface area contributed by atoms with Gasteiger partial charge in [-0.3, -0.25) is 47.7 Å². The number of hydrogen-bond donors (Lipinski definition) is 11. The van der Waals surface area contributed by atoms with Crippen LogP contribution in [0.4, 0.5) is 11.4 Å². The summed E-state index contributed by atoms with van der Waals surface area (Å²) in [4.78, 5) is 101. The molecule has 1 saturated carbocycles. The number of allylic oxidation sites excluding steroid dienone is 6. The van der Waals surface area contributed by atoms with Crippen LogP contribution in [-0.4, -0.2) is 140 Å². The molecule has 7 rings (SSSR count). The number of hydrogen-bond acceptors (Lipinski definition) is 15.